The topological polar surface area (TPSA) is 40.5 Å². The van der Waals surface area contributed by atoms with Gasteiger partial charge in [-0.25, -0.2) is 4.39 Å². The molecule has 0 aliphatic rings. The maximum atomic E-state index is 13.2. The van der Waals surface area contributed by atoms with Crippen molar-refractivity contribution in [2.75, 3.05) is 0 Å². The molecule has 0 bridgehead atoms. The van der Waals surface area contributed by atoms with Crippen molar-refractivity contribution in [1.82, 2.24) is 0 Å². The van der Waals surface area contributed by atoms with E-state index in [1.54, 1.807) is 13.0 Å². The Morgan fingerprint density at radius 2 is 2.00 bits per heavy atom. The van der Waals surface area contributed by atoms with Crippen LogP contribution in [0, 0.1) is 12.7 Å². The van der Waals surface area contributed by atoms with Crippen molar-refractivity contribution in [3.63, 3.8) is 0 Å². The van der Waals surface area contributed by atoms with Crippen molar-refractivity contribution in [2.24, 2.45) is 0 Å². The second-order valence-corrected chi connectivity index (χ2v) is 3.30. The number of hydrogen-bond acceptors (Lipinski definition) is 2. The Hall–Kier alpha value is -0.385. The molecule has 1 rings (SSSR count). The minimum absolute atomic E-state index is 0.101. The lowest BCUT2D eigenvalue weighted by molar-refractivity contribution is 0.423. The van der Waals surface area contributed by atoms with E-state index in [4.69, 9.17) is 10.0 Å². The third kappa shape index (κ3) is 1.68. The van der Waals surface area contributed by atoms with Gasteiger partial charge in [0.2, 0.25) is 0 Å². The Morgan fingerprint density at radius 3 is 2.50 bits per heavy atom. The average Bonchev–Trinajstić information content (AvgIpc) is 2.00. The molecule has 0 fully saturated rings. The molecule has 0 amide bonds. The van der Waals surface area contributed by atoms with E-state index in [-0.39, 0.29) is 5.46 Å². The molecule has 5 heteroatoms. The first-order valence-corrected chi connectivity index (χ1v) is 4.14. The van der Waals surface area contributed by atoms with Crippen LogP contribution >= 0.6 is 15.9 Å². The highest BCUT2D eigenvalue weighted by Gasteiger charge is 2.18. The van der Waals surface area contributed by atoms with Gasteiger partial charge in [0.25, 0.3) is 0 Å². The minimum Gasteiger partial charge on any atom is -0.423 e. The minimum atomic E-state index is -1.75. The van der Waals surface area contributed by atoms with Gasteiger partial charge in [0.1, 0.15) is 5.82 Å². The van der Waals surface area contributed by atoms with Gasteiger partial charge >= 0.3 is 7.12 Å². The quantitative estimate of drug-likeness (QED) is 0.696. The summed E-state index contributed by atoms with van der Waals surface area (Å²) in [7, 11) is -1.75. The summed E-state index contributed by atoms with van der Waals surface area (Å²) in [6.45, 7) is 1.56. The maximum absolute atomic E-state index is 13.2. The summed E-state index contributed by atoms with van der Waals surface area (Å²) in [5.41, 5.74) is 0.274. The molecule has 0 aliphatic carbocycles. The van der Waals surface area contributed by atoms with Gasteiger partial charge in [-0.1, -0.05) is 22.0 Å². The largest absolute Gasteiger partial charge is 0.491 e. The third-order valence-corrected chi connectivity index (χ3v) is 2.49. The smallest absolute Gasteiger partial charge is 0.423 e. The van der Waals surface area contributed by atoms with Gasteiger partial charge in [-0.3, -0.25) is 0 Å². The first kappa shape index (κ1) is 9.70. The van der Waals surface area contributed by atoms with E-state index >= 15 is 0 Å². The Labute approximate surface area is 78.3 Å². The molecule has 0 saturated carbocycles. The highest BCUT2D eigenvalue weighted by molar-refractivity contribution is 9.10. The fourth-order valence-corrected chi connectivity index (χ4v) is 1.19. The van der Waals surface area contributed by atoms with Crippen molar-refractivity contribution < 1.29 is 14.4 Å². The number of rotatable bonds is 1. The van der Waals surface area contributed by atoms with Gasteiger partial charge in [0.05, 0.1) is 0 Å². The van der Waals surface area contributed by atoms with E-state index in [1.165, 1.54) is 6.07 Å². The molecule has 0 radical (unpaired) electrons. The van der Waals surface area contributed by atoms with Crippen molar-refractivity contribution >= 4 is 28.5 Å². The molecule has 2 nitrogen and oxygen atoms in total. The number of hydrogen-bond donors (Lipinski definition) is 2. The summed E-state index contributed by atoms with van der Waals surface area (Å²) in [6, 6.07) is 2.91. The molecule has 0 aromatic heterocycles. The Bertz CT molecular complexity index is 304. The fraction of sp³-hybridized carbons (Fsp3) is 0.143. The SMILES string of the molecule is Cc1c(Br)ccc(B(O)O)c1F. The molecule has 0 unspecified atom stereocenters. The van der Waals surface area contributed by atoms with Crippen molar-refractivity contribution in [3.8, 4) is 0 Å². The van der Waals surface area contributed by atoms with Crippen LogP contribution in [0.15, 0.2) is 16.6 Å². The van der Waals surface area contributed by atoms with E-state index in [0.717, 1.165) is 0 Å². The molecule has 2 N–H and O–H groups in total. The van der Waals surface area contributed by atoms with E-state index in [0.29, 0.717) is 10.0 Å². The molecule has 0 atom stereocenters. The molecular formula is C7H7BBrFO2. The van der Waals surface area contributed by atoms with Gasteiger partial charge in [0, 0.05) is 9.94 Å². The van der Waals surface area contributed by atoms with E-state index in [1.807, 2.05) is 0 Å². The first-order valence-electron chi connectivity index (χ1n) is 3.34. The molecule has 1 aromatic carbocycles. The molecule has 0 saturated heterocycles. The van der Waals surface area contributed by atoms with Crippen molar-refractivity contribution in [1.29, 1.82) is 0 Å². The van der Waals surface area contributed by atoms with Crippen LogP contribution in [0.1, 0.15) is 5.56 Å². The predicted molar refractivity (Wildman–Crippen MR) is 48.7 cm³/mol. The normalized spacial score (nSPS) is 10.1. The van der Waals surface area contributed by atoms with Crippen molar-refractivity contribution in [3.05, 3.63) is 28.0 Å². The lowest BCUT2D eigenvalue weighted by atomic mass is 9.79. The third-order valence-electron chi connectivity index (χ3n) is 1.63. The fourth-order valence-electron chi connectivity index (χ4n) is 0.882. The van der Waals surface area contributed by atoms with Crippen LogP contribution in [0.5, 0.6) is 0 Å². The van der Waals surface area contributed by atoms with E-state index in [2.05, 4.69) is 15.9 Å². The van der Waals surface area contributed by atoms with Gasteiger partial charge in [-0.05, 0) is 18.6 Å². The van der Waals surface area contributed by atoms with Crippen LogP contribution in [-0.2, 0) is 0 Å². The second-order valence-electron chi connectivity index (χ2n) is 2.45. The zero-order valence-corrected chi connectivity index (χ0v) is 7.97. The van der Waals surface area contributed by atoms with Gasteiger partial charge < -0.3 is 10.0 Å². The predicted octanol–water partition coefficient (Wildman–Crippen LogP) is 0.576. The number of halogens is 2. The Morgan fingerprint density at radius 1 is 1.42 bits per heavy atom. The van der Waals surface area contributed by atoms with Crippen LogP contribution in [-0.4, -0.2) is 17.2 Å². The average molecular weight is 233 g/mol. The van der Waals surface area contributed by atoms with Crippen LogP contribution < -0.4 is 5.46 Å². The molecule has 0 spiro atoms. The lowest BCUT2D eigenvalue weighted by Gasteiger charge is -2.05. The molecule has 64 valence electrons. The molecule has 0 heterocycles. The standard InChI is InChI=1S/C7H7BBrFO2/c1-4-6(9)3-2-5(7(4)10)8(11)12/h2-3,11-12H,1H3. The van der Waals surface area contributed by atoms with E-state index in [9.17, 15) is 4.39 Å². The Balaban J connectivity index is 3.27. The van der Waals surface area contributed by atoms with Crippen LogP contribution in [0.4, 0.5) is 4.39 Å². The number of benzene rings is 1. The Kier molecular flexibility index (Phi) is 2.87. The van der Waals surface area contributed by atoms with Gasteiger partial charge in [-0.15, -0.1) is 0 Å². The molecule has 0 aliphatic heterocycles. The second kappa shape index (κ2) is 3.55. The summed E-state index contributed by atoms with van der Waals surface area (Å²) >= 11 is 3.13. The molecular weight excluding hydrogens is 226 g/mol. The zero-order valence-electron chi connectivity index (χ0n) is 6.38. The lowest BCUT2D eigenvalue weighted by Crippen LogP contribution is -2.33. The highest BCUT2D eigenvalue weighted by atomic mass is 79.9. The summed E-state index contributed by atoms with van der Waals surface area (Å²) in [4.78, 5) is 0. The van der Waals surface area contributed by atoms with E-state index < -0.39 is 12.9 Å². The maximum Gasteiger partial charge on any atom is 0.491 e. The van der Waals surface area contributed by atoms with Gasteiger partial charge in [-0.2, -0.15) is 0 Å². The van der Waals surface area contributed by atoms with Gasteiger partial charge in [0.15, 0.2) is 0 Å². The van der Waals surface area contributed by atoms with Crippen LogP contribution in [0.3, 0.4) is 0 Å². The monoisotopic (exact) mass is 232 g/mol. The molecule has 12 heavy (non-hydrogen) atoms. The summed E-state index contributed by atoms with van der Waals surface area (Å²) in [5.74, 6) is -0.584. The zero-order chi connectivity index (χ0) is 9.30. The highest BCUT2D eigenvalue weighted by Crippen LogP contribution is 2.16. The van der Waals surface area contributed by atoms with Crippen molar-refractivity contribution in [2.45, 2.75) is 6.92 Å². The summed E-state index contributed by atoms with van der Waals surface area (Å²) < 4.78 is 13.8. The van der Waals surface area contributed by atoms with Crippen LogP contribution in [0.25, 0.3) is 0 Å². The molecule has 1 aromatic rings. The summed E-state index contributed by atoms with van der Waals surface area (Å²) in [5, 5.41) is 17.4. The first-order chi connectivity index (χ1) is 5.54. The summed E-state index contributed by atoms with van der Waals surface area (Å²) in [6.07, 6.45) is 0. The van der Waals surface area contributed by atoms with Crippen LogP contribution in [0.2, 0.25) is 0 Å².